The van der Waals surface area contributed by atoms with E-state index in [4.69, 9.17) is 0 Å². The fourth-order valence-electron chi connectivity index (χ4n) is 1.14. The normalized spacial score (nSPS) is 13.6. The Morgan fingerprint density at radius 1 is 1.17 bits per heavy atom. The van der Waals surface area contributed by atoms with Crippen molar-refractivity contribution in [3.63, 3.8) is 0 Å². The first kappa shape index (κ1) is 17.3. The third-order valence-electron chi connectivity index (χ3n) is 2.57. The molecule has 0 radical (unpaired) electrons. The highest BCUT2D eigenvalue weighted by Crippen LogP contribution is 1.98. The van der Waals surface area contributed by atoms with Gasteiger partial charge in [-0.2, -0.15) is 0 Å². The quantitative estimate of drug-likeness (QED) is 0.505. The summed E-state index contributed by atoms with van der Waals surface area (Å²) < 4.78 is 23.9. The van der Waals surface area contributed by atoms with Crippen LogP contribution in [0, 0.1) is 5.92 Å². The number of hydrogen-bond donors (Lipinski definition) is 3. The molecule has 0 aliphatic rings. The molecule has 18 heavy (non-hydrogen) atoms. The fraction of sp³-hybridized carbons (Fsp3) is 0.909. The van der Waals surface area contributed by atoms with Gasteiger partial charge in [0, 0.05) is 12.6 Å². The Kier molecular flexibility index (Phi) is 8.13. The van der Waals surface area contributed by atoms with Crippen molar-refractivity contribution in [3.8, 4) is 0 Å². The van der Waals surface area contributed by atoms with E-state index in [-0.39, 0.29) is 18.5 Å². The van der Waals surface area contributed by atoms with Gasteiger partial charge in [0.25, 0.3) is 0 Å². The molecule has 1 unspecified atom stereocenters. The summed E-state index contributed by atoms with van der Waals surface area (Å²) in [5, 5.41) is 5.85. The number of nitrogens with one attached hydrogen (secondary N) is 3. The minimum absolute atomic E-state index is 0.0349. The lowest BCUT2D eigenvalue weighted by atomic mass is 10.1. The molecule has 0 aliphatic heterocycles. The maximum absolute atomic E-state index is 11.5. The Morgan fingerprint density at radius 3 is 2.28 bits per heavy atom. The Hall–Kier alpha value is -0.660. The smallest absolute Gasteiger partial charge is 0.234 e. The monoisotopic (exact) mass is 279 g/mol. The van der Waals surface area contributed by atoms with Crippen LogP contribution in [-0.4, -0.2) is 46.3 Å². The first-order valence-corrected chi connectivity index (χ1v) is 8.06. The highest BCUT2D eigenvalue weighted by molar-refractivity contribution is 7.88. The first-order chi connectivity index (χ1) is 8.22. The number of amides is 1. The highest BCUT2D eigenvalue weighted by atomic mass is 32.2. The van der Waals surface area contributed by atoms with Crippen LogP contribution >= 0.6 is 0 Å². The fourth-order valence-corrected chi connectivity index (χ4v) is 1.66. The Bertz CT molecular complexity index is 341. The van der Waals surface area contributed by atoms with Crippen LogP contribution < -0.4 is 15.4 Å². The molecule has 0 saturated heterocycles. The lowest BCUT2D eigenvalue weighted by molar-refractivity contribution is -0.121. The zero-order valence-electron chi connectivity index (χ0n) is 11.6. The van der Waals surface area contributed by atoms with Crippen LogP contribution in [0.3, 0.4) is 0 Å². The highest BCUT2D eigenvalue weighted by Gasteiger charge is 2.09. The second kappa shape index (κ2) is 8.44. The van der Waals surface area contributed by atoms with Gasteiger partial charge in [-0.25, -0.2) is 13.1 Å². The van der Waals surface area contributed by atoms with Crippen molar-refractivity contribution in [1.29, 1.82) is 0 Å². The summed E-state index contributed by atoms with van der Waals surface area (Å²) in [6.07, 6.45) is 1.78. The molecule has 3 N–H and O–H groups in total. The number of hydrogen-bond acceptors (Lipinski definition) is 4. The van der Waals surface area contributed by atoms with Gasteiger partial charge >= 0.3 is 0 Å². The largest absolute Gasteiger partial charge is 0.352 e. The van der Waals surface area contributed by atoms with Crippen molar-refractivity contribution in [2.24, 2.45) is 5.92 Å². The molecule has 1 amide bonds. The zero-order valence-corrected chi connectivity index (χ0v) is 12.4. The molecule has 0 rings (SSSR count). The Balaban J connectivity index is 3.52. The third-order valence-corrected chi connectivity index (χ3v) is 3.30. The molecule has 7 heteroatoms. The molecule has 0 aromatic carbocycles. The zero-order chi connectivity index (χ0) is 14.2. The van der Waals surface area contributed by atoms with Gasteiger partial charge in [-0.1, -0.05) is 13.8 Å². The van der Waals surface area contributed by atoms with Gasteiger partial charge in [-0.15, -0.1) is 0 Å². The second-order valence-electron chi connectivity index (χ2n) is 4.80. The molecule has 0 fully saturated rings. The Morgan fingerprint density at radius 2 is 1.78 bits per heavy atom. The summed E-state index contributed by atoms with van der Waals surface area (Å²) in [7, 11) is -3.11. The van der Waals surface area contributed by atoms with Gasteiger partial charge in [0.1, 0.15) is 0 Å². The molecule has 0 spiro atoms. The van der Waals surface area contributed by atoms with E-state index in [1.165, 1.54) is 0 Å². The van der Waals surface area contributed by atoms with Gasteiger partial charge in [-0.05, 0) is 25.8 Å². The number of sulfonamides is 1. The summed E-state index contributed by atoms with van der Waals surface area (Å²) >= 11 is 0. The molecule has 6 nitrogen and oxygen atoms in total. The minimum Gasteiger partial charge on any atom is -0.352 e. The summed E-state index contributed by atoms with van der Waals surface area (Å²) in [6.45, 7) is 7.32. The van der Waals surface area contributed by atoms with Crippen LogP contribution in [-0.2, 0) is 14.8 Å². The molecular weight excluding hydrogens is 254 g/mol. The molecule has 0 aliphatic carbocycles. The maximum atomic E-state index is 11.5. The van der Waals surface area contributed by atoms with Crippen molar-refractivity contribution in [3.05, 3.63) is 0 Å². The summed E-state index contributed by atoms with van der Waals surface area (Å²) in [6, 6.07) is 0.159. The van der Waals surface area contributed by atoms with E-state index in [1.54, 1.807) is 0 Å². The van der Waals surface area contributed by atoms with E-state index in [9.17, 15) is 13.2 Å². The number of carbonyl (C=O) groups excluding carboxylic acids is 1. The molecule has 0 saturated carbocycles. The van der Waals surface area contributed by atoms with Gasteiger partial charge in [0.2, 0.25) is 15.9 Å². The maximum Gasteiger partial charge on any atom is 0.234 e. The molecule has 0 heterocycles. The van der Waals surface area contributed by atoms with Gasteiger partial charge in [0.15, 0.2) is 0 Å². The van der Waals surface area contributed by atoms with Crippen LogP contribution in [0.2, 0.25) is 0 Å². The summed E-state index contributed by atoms with van der Waals surface area (Å²) in [5.41, 5.74) is 0. The van der Waals surface area contributed by atoms with Crippen LogP contribution in [0.15, 0.2) is 0 Å². The number of carbonyl (C=O) groups is 1. The van der Waals surface area contributed by atoms with E-state index in [2.05, 4.69) is 29.2 Å². The van der Waals surface area contributed by atoms with E-state index >= 15 is 0 Å². The summed E-state index contributed by atoms with van der Waals surface area (Å²) in [5.74, 6) is 0.375. The van der Waals surface area contributed by atoms with Gasteiger partial charge in [0.05, 0.1) is 12.8 Å². The van der Waals surface area contributed by atoms with Crippen molar-refractivity contribution < 1.29 is 13.2 Å². The minimum atomic E-state index is -3.11. The molecule has 0 bridgehead atoms. The van der Waals surface area contributed by atoms with E-state index < -0.39 is 10.0 Å². The van der Waals surface area contributed by atoms with Crippen molar-refractivity contribution in [2.75, 3.05) is 25.9 Å². The van der Waals surface area contributed by atoms with Crippen LogP contribution in [0.1, 0.15) is 27.2 Å². The SMILES string of the molecule is CC(C)C(C)NC(=O)CNCCCNS(C)(=O)=O. The predicted molar refractivity (Wildman–Crippen MR) is 72.8 cm³/mol. The average Bonchev–Trinajstić information content (AvgIpc) is 2.21. The van der Waals surface area contributed by atoms with Crippen LogP contribution in [0.5, 0.6) is 0 Å². The standard InChI is InChI=1S/C11H25N3O3S/c1-9(2)10(3)14-11(15)8-12-6-5-7-13-18(4,16)17/h9-10,12-13H,5-8H2,1-4H3,(H,14,15). The molecule has 0 aromatic heterocycles. The van der Waals surface area contributed by atoms with Gasteiger partial charge in [-0.3, -0.25) is 4.79 Å². The lowest BCUT2D eigenvalue weighted by Gasteiger charge is -2.17. The van der Waals surface area contributed by atoms with Crippen molar-refractivity contribution in [2.45, 2.75) is 33.2 Å². The topological polar surface area (TPSA) is 87.3 Å². The van der Waals surface area contributed by atoms with Crippen LogP contribution in [0.4, 0.5) is 0 Å². The average molecular weight is 279 g/mol. The van der Waals surface area contributed by atoms with Crippen LogP contribution in [0.25, 0.3) is 0 Å². The summed E-state index contributed by atoms with van der Waals surface area (Å²) in [4.78, 5) is 11.5. The van der Waals surface area contributed by atoms with Gasteiger partial charge < -0.3 is 10.6 Å². The molecule has 1 atom stereocenters. The first-order valence-electron chi connectivity index (χ1n) is 6.17. The second-order valence-corrected chi connectivity index (χ2v) is 6.63. The molecule has 0 aromatic rings. The molecular formula is C11H25N3O3S. The lowest BCUT2D eigenvalue weighted by Crippen LogP contribution is -2.41. The van der Waals surface area contributed by atoms with Crippen molar-refractivity contribution >= 4 is 15.9 Å². The van der Waals surface area contributed by atoms with E-state index in [1.807, 2.05) is 6.92 Å². The third kappa shape index (κ3) is 10.5. The van der Waals surface area contributed by atoms with Crippen molar-refractivity contribution in [1.82, 2.24) is 15.4 Å². The van der Waals surface area contributed by atoms with E-state index in [0.29, 0.717) is 25.4 Å². The molecule has 108 valence electrons. The predicted octanol–water partition coefficient (Wildman–Crippen LogP) is -0.324. The Labute approximate surface area is 110 Å². The number of rotatable bonds is 9. The van der Waals surface area contributed by atoms with E-state index in [0.717, 1.165) is 6.26 Å².